The largest absolute Gasteiger partial charge is 0.491 e. The van der Waals surface area contributed by atoms with E-state index in [2.05, 4.69) is 15.5 Å². The van der Waals surface area contributed by atoms with Crippen LogP contribution in [0.25, 0.3) is 22.2 Å². The fourth-order valence-electron chi connectivity index (χ4n) is 3.16. The van der Waals surface area contributed by atoms with Gasteiger partial charge in [-0.05, 0) is 67.9 Å². The average molecular weight is 410 g/mol. The smallest absolute Gasteiger partial charge is 0.272 e. The van der Waals surface area contributed by atoms with Crippen LogP contribution in [0.4, 0.5) is 0 Å². The number of rotatable bonds is 6. The number of carbonyl (C=O) groups is 1. The minimum atomic E-state index is -0.301. The number of carbonyl (C=O) groups excluding carboxylic acids is 1. The molecule has 0 saturated carbocycles. The van der Waals surface area contributed by atoms with Crippen LogP contribution < -0.4 is 10.2 Å². The summed E-state index contributed by atoms with van der Waals surface area (Å²) in [6.45, 7) is 3.97. The topological polar surface area (TPSA) is 76.5 Å². The molecule has 1 N–H and O–H groups in total. The molecule has 1 amide bonds. The van der Waals surface area contributed by atoms with Crippen molar-refractivity contribution in [2.45, 2.75) is 20.0 Å². The fraction of sp³-hybridized carbons (Fsp3) is 0.120. The number of pyridine rings is 2. The molecule has 0 unspecified atom stereocenters. The second-order valence-electron chi connectivity index (χ2n) is 7.24. The van der Waals surface area contributed by atoms with Gasteiger partial charge in [-0.2, -0.15) is 5.10 Å². The number of para-hydroxylation sites is 1. The van der Waals surface area contributed by atoms with E-state index in [9.17, 15) is 4.79 Å². The van der Waals surface area contributed by atoms with Crippen molar-refractivity contribution in [3.63, 3.8) is 0 Å². The lowest BCUT2D eigenvalue weighted by molar-refractivity contribution is 0.0956. The Kier molecular flexibility index (Phi) is 5.98. The maximum absolute atomic E-state index is 12.9. The zero-order chi connectivity index (χ0) is 21.6. The predicted octanol–water partition coefficient (Wildman–Crippen LogP) is 4.85. The highest BCUT2D eigenvalue weighted by molar-refractivity contribution is 6.07. The number of ether oxygens (including phenoxy) is 1. The first-order valence-electron chi connectivity index (χ1n) is 10.0. The number of hydrogen-bond donors (Lipinski definition) is 1. The molecule has 6 nitrogen and oxygen atoms in total. The van der Waals surface area contributed by atoms with Crippen molar-refractivity contribution >= 4 is 23.0 Å². The second-order valence-corrected chi connectivity index (χ2v) is 7.24. The fourth-order valence-corrected chi connectivity index (χ4v) is 3.16. The van der Waals surface area contributed by atoms with Crippen molar-refractivity contribution in [3.8, 4) is 17.0 Å². The van der Waals surface area contributed by atoms with E-state index in [0.29, 0.717) is 11.3 Å². The number of benzene rings is 2. The summed E-state index contributed by atoms with van der Waals surface area (Å²) in [7, 11) is 0. The maximum Gasteiger partial charge on any atom is 0.272 e. The third-order valence-corrected chi connectivity index (χ3v) is 4.57. The monoisotopic (exact) mass is 410 g/mol. The molecule has 0 bridgehead atoms. The maximum atomic E-state index is 12.9. The van der Waals surface area contributed by atoms with E-state index < -0.39 is 0 Å². The first-order valence-corrected chi connectivity index (χ1v) is 10.0. The van der Waals surface area contributed by atoms with Gasteiger partial charge in [0.05, 0.1) is 29.1 Å². The summed E-state index contributed by atoms with van der Waals surface area (Å²) in [6.07, 6.45) is 5.02. The zero-order valence-corrected chi connectivity index (χ0v) is 17.3. The lowest BCUT2D eigenvalue weighted by Gasteiger charge is -2.11. The Labute approximate surface area is 180 Å². The molecule has 0 aliphatic carbocycles. The molecular formula is C25H22N4O2. The average Bonchev–Trinajstić information content (AvgIpc) is 2.79. The molecule has 0 radical (unpaired) electrons. The standard InChI is InChI=1S/C25H22N4O2/c1-17(2)31-20-9-7-19(8-10-20)24-15-22(21-5-3-4-6-23(21)28-24)25(30)29-27-16-18-11-13-26-14-12-18/h3-17H,1-2H3,(H,29,30)/b27-16-. The Morgan fingerprint density at radius 2 is 1.77 bits per heavy atom. The summed E-state index contributed by atoms with van der Waals surface area (Å²) < 4.78 is 5.71. The second kappa shape index (κ2) is 9.17. The number of nitrogens with zero attached hydrogens (tertiary/aromatic N) is 3. The Morgan fingerprint density at radius 3 is 2.52 bits per heavy atom. The zero-order valence-electron chi connectivity index (χ0n) is 17.3. The van der Waals surface area contributed by atoms with Gasteiger partial charge in [0.25, 0.3) is 5.91 Å². The summed E-state index contributed by atoms with van der Waals surface area (Å²) in [4.78, 5) is 21.6. The minimum Gasteiger partial charge on any atom is -0.491 e. The number of amides is 1. The van der Waals surface area contributed by atoms with Crippen LogP contribution in [0.1, 0.15) is 29.8 Å². The van der Waals surface area contributed by atoms with Gasteiger partial charge < -0.3 is 4.74 Å². The van der Waals surface area contributed by atoms with Crippen LogP contribution in [0.2, 0.25) is 0 Å². The molecule has 4 rings (SSSR count). The molecule has 6 heteroatoms. The van der Waals surface area contributed by atoms with Crippen molar-refractivity contribution in [2.24, 2.45) is 5.10 Å². The number of hydrazone groups is 1. The van der Waals surface area contributed by atoms with Gasteiger partial charge >= 0.3 is 0 Å². The van der Waals surface area contributed by atoms with E-state index in [-0.39, 0.29) is 12.0 Å². The number of hydrogen-bond acceptors (Lipinski definition) is 5. The van der Waals surface area contributed by atoms with Crippen LogP contribution in [0.3, 0.4) is 0 Å². The van der Waals surface area contributed by atoms with E-state index in [0.717, 1.165) is 27.8 Å². The minimum absolute atomic E-state index is 0.104. The molecule has 0 aliphatic heterocycles. The molecule has 31 heavy (non-hydrogen) atoms. The van der Waals surface area contributed by atoms with Gasteiger partial charge in [0.1, 0.15) is 5.75 Å². The van der Waals surface area contributed by atoms with Crippen LogP contribution in [0.5, 0.6) is 5.75 Å². The highest BCUT2D eigenvalue weighted by Gasteiger charge is 2.13. The van der Waals surface area contributed by atoms with E-state index in [1.165, 1.54) is 0 Å². The molecule has 0 atom stereocenters. The third kappa shape index (κ3) is 4.93. The quantitative estimate of drug-likeness (QED) is 0.364. The number of fused-ring (bicyclic) bond motifs is 1. The molecule has 0 fully saturated rings. The Balaban J connectivity index is 1.65. The van der Waals surface area contributed by atoms with E-state index in [1.54, 1.807) is 24.7 Å². The molecule has 2 aromatic carbocycles. The summed E-state index contributed by atoms with van der Waals surface area (Å²) in [5.74, 6) is 0.493. The molecule has 0 aliphatic rings. The first kappa shape index (κ1) is 20.2. The van der Waals surface area contributed by atoms with Crippen LogP contribution in [-0.4, -0.2) is 28.2 Å². The Bertz CT molecular complexity index is 1220. The molecule has 2 heterocycles. The van der Waals surface area contributed by atoms with Gasteiger partial charge in [-0.25, -0.2) is 10.4 Å². The first-order chi connectivity index (χ1) is 15.1. The van der Waals surface area contributed by atoms with Crippen LogP contribution in [0, 0.1) is 0 Å². The van der Waals surface area contributed by atoms with Crippen LogP contribution in [0.15, 0.2) is 84.2 Å². The van der Waals surface area contributed by atoms with Gasteiger partial charge in [-0.15, -0.1) is 0 Å². The lowest BCUT2D eigenvalue weighted by Crippen LogP contribution is -2.18. The number of aromatic nitrogens is 2. The Hall–Kier alpha value is -4.06. The third-order valence-electron chi connectivity index (χ3n) is 4.57. The molecule has 2 aromatic heterocycles. The van der Waals surface area contributed by atoms with E-state index in [1.807, 2.05) is 74.5 Å². The van der Waals surface area contributed by atoms with Crippen molar-refractivity contribution in [2.75, 3.05) is 0 Å². The summed E-state index contributed by atoms with van der Waals surface area (Å²) >= 11 is 0. The van der Waals surface area contributed by atoms with Crippen LogP contribution in [-0.2, 0) is 0 Å². The Morgan fingerprint density at radius 1 is 1.03 bits per heavy atom. The highest BCUT2D eigenvalue weighted by Crippen LogP contribution is 2.26. The van der Waals surface area contributed by atoms with Gasteiger partial charge in [0.2, 0.25) is 0 Å². The molecule has 0 saturated heterocycles. The van der Waals surface area contributed by atoms with Crippen LogP contribution >= 0.6 is 0 Å². The van der Waals surface area contributed by atoms with Crippen molar-refractivity contribution < 1.29 is 9.53 Å². The normalized spacial score (nSPS) is 11.2. The van der Waals surface area contributed by atoms with E-state index >= 15 is 0 Å². The van der Waals surface area contributed by atoms with Gasteiger partial charge in [-0.3, -0.25) is 9.78 Å². The van der Waals surface area contributed by atoms with Gasteiger partial charge in [0, 0.05) is 23.3 Å². The van der Waals surface area contributed by atoms with Crippen molar-refractivity contribution in [1.82, 2.24) is 15.4 Å². The molecule has 4 aromatic rings. The highest BCUT2D eigenvalue weighted by atomic mass is 16.5. The van der Waals surface area contributed by atoms with Gasteiger partial charge in [0.15, 0.2) is 0 Å². The molecular weight excluding hydrogens is 388 g/mol. The van der Waals surface area contributed by atoms with E-state index in [4.69, 9.17) is 9.72 Å². The SMILES string of the molecule is CC(C)Oc1ccc(-c2cc(C(=O)N/N=C\c3ccncc3)c3ccccc3n2)cc1. The van der Waals surface area contributed by atoms with Crippen molar-refractivity contribution in [3.05, 3.63) is 90.3 Å². The molecule has 0 spiro atoms. The summed E-state index contributed by atoms with van der Waals surface area (Å²) in [5.41, 5.74) is 6.31. The predicted molar refractivity (Wildman–Crippen MR) is 122 cm³/mol. The lowest BCUT2D eigenvalue weighted by atomic mass is 10.0. The van der Waals surface area contributed by atoms with Crippen molar-refractivity contribution in [1.29, 1.82) is 0 Å². The summed E-state index contributed by atoms with van der Waals surface area (Å²) in [5, 5.41) is 4.84. The molecule has 154 valence electrons. The number of nitrogens with one attached hydrogen (secondary N) is 1. The summed E-state index contributed by atoms with van der Waals surface area (Å²) in [6, 6.07) is 20.7. The van der Waals surface area contributed by atoms with Gasteiger partial charge in [-0.1, -0.05) is 18.2 Å².